The fourth-order valence-electron chi connectivity index (χ4n) is 2.89. The Morgan fingerprint density at radius 2 is 1.47 bits per heavy atom. The van der Waals surface area contributed by atoms with Gasteiger partial charge >= 0.3 is 6.03 Å². The highest BCUT2D eigenvalue weighted by Gasteiger charge is 2.14. The van der Waals surface area contributed by atoms with Gasteiger partial charge in [-0.1, -0.05) is 11.6 Å². The zero-order valence-corrected chi connectivity index (χ0v) is 16.2. The molecule has 148 valence electrons. The Labute approximate surface area is 175 Å². The van der Waals surface area contributed by atoms with Crippen LogP contribution in [0.15, 0.2) is 73.1 Å². The first kappa shape index (κ1) is 19.5. The predicted octanol–water partition coefficient (Wildman–Crippen LogP) is 5.30. The van der Waals surface area contributed by atoms with Crippen molar-refractivity contribution >= 4 is 45.8 Å². The van der Waals surface area contributed by atoms with Crippen LogP contribution in [0, 0.1) is 5.82 Å². The Bertz CT molecular complexity index is 1260. The molecule has 0 aliphatic heterocycles. The summed E-state index contributed by atoms with van der Waals surface area (Å²) in [7, 11) is 0. The number of hydrogen-bond acceptors (Lipinski definition) is 4. The molecule has 0 fully saturated rings. The molecule has 0 bridgehead atoms. The highest BCUT2D eigenvalue weighted by Crippen LogP contribution is 2.20. The van der Waals surface area contributed by atoms with Crippen LogP contribution in [-0.2, 0) is 0 Å². The van der Waals surface area contributed by atoms with Crippen molar-refractivity contribution in [3.05, 3.63) is 95.0 Å². The molecule has 4 aromatic rings. The van der Waals surface area contributed by atoms with E-state index in [0.29, 0.717) is 27.3 Å². The Hall–Kier alpha value is -3.84. The first-order valence-corrected chi connectivity index (χ1v) is 9.25. The molecule has 0 saturated heterocycles. The number of nitrogens with zero attached hydrogens (tertiary/aromatic N) is 2. The molecular formula is C22H14ClFN4O2. The summed E-state index contributed by atoms with van der Waals surface area (Å²) in [6.45, 7) is 0. The molecule has 0 aliphatic rings. The van der Waals surface area contributed by atoms with Crippen LogP contribution in [0.25, 0.3) is 11.0 Å². The van der Waals surface area contributed by atoms with Crippen LogP contribution in [0.2, 0.25) is 5.02 Å². The third-order valence-corrected chi connectivity index (χ3v) is 4.50. The van der Waals surface area contributed by atoms with Crippen LogP contribution in [0.3, 0.4) is 0 Å². The number of hydrogen-bond donors (Lipinski definition) is 2. The Morgan fingerprint density at radius 1 is 0.767 bits per heavy atom. The number of nitrogens with one attached hydrogen (secondary N) is 2. The zero-order chi connectivity index (χ0) is 21.1. The number of urea groups is 1. The molecule has 8 heteroatoms. The summed E-state index contributed by atoms with van der Waals surface area (Å²) in [4.78, 5) is 33.4. The normalized spacial score (nSPS) is 10.6. The van der Waals surface area contributed by atoms with E-state index in [4.69, 9.17) is 11.6 Å². The third kappa shape index (κ3) is 4.42. The third-order valence-electron chi connectivity index (χ3n) is 4.25. The van der Waals surface area contributed by atoms with E-state index in [0.717, 1.165) is 12.1 Å². The van der Waals surface area contributed by atoms with Gasteiger partial charge in [-0.3, -0.25) is 14.8 Å². The van der Waals surface area contributed by atoms with Gasteiger partial charge in [0.2, 0.25) is 0 Å². The number of anilines is 2. The summed E-state index contributed by atoms with van der Waals surface area (Å²) in [6, 6.07) is 14.5. The number of fused-ring (bicyclic) bond motifs is 1. The Balaban J connectivity index is 1.55. The number of amides is 2. The fraction of sp³-hybridized carbons (Fsp3) is 0. The first-order valence-electron chi connectivity index (χ1n) is 8.87. The number of rotatable bonds is 4. The van der Waals surface area contributed by atoms with Crippen molar-refractivity contribution in [2.24, 2.45) is 0 Å². The molecule has 2 N–H and O–H groups in total. The van der Waals surface area contributed by atoms with E-state index in [9.17, 15) is 14.0 Å². The van der Waals surface area contributed by atoms with Crippen molar-refractivity contribution in [1.29, 1.82) is 0 Å². The second kappa shape index (κ2) is 8.26. The number of halogens is 2. The first-order chi connectivity index (χ1) is 14.5. The molecule has 6 nitrogen and oxygen atoms in total. The summed E-state index contributed by atoms with van der Waals surface area (Å²) < 4.78 is 14.1. The lowest BCUT2D eigenvalue weighted by Gasteiger charge is -2.10. The molecule has 0 spiro atoms. The standard InChI is InChI=1S/C22H14ClFN4O2/c23-15-2-4-17(5-3-15)27-22(30)28-18-10-14(9-16(24)12-18)21(29)13-1-6-19-20(11-13)26-8-7-25-19/h1-12H,(H2,27,28,30). The van der Waals surface area contributed by atoms with Crippen molar-refractivity contribution < 1.29 is 14.0 Å². The molecule has 4 rings (SSSR count). The van der Waals surface area contributed by atoms with E-state index in [1.807, 2.05) is 0 Å². The Morgan fingerprint density at radius 3 is 2.23 bits per heavy atom. The van der Waals surface area contributed by atoms with E-state index in [2.05, 4.69) is 20.6 Å². The SMILES string of the molecule is O=C(Nc1ccc(Cl)cc1)Nc1cc(F)cc(C(=O)c2ccc3nccnc3c2)c1. The summed E-state index contributed by atoms with van der Waals surface area (Å²) in [5.74, 6) is -1.05. The van der Waals surface area contributed by atoms with Crippen LogP contribution >= 0.6 is 11.6 Å². The van der Waals surface area contributed by atoms with Crippen LogP contribution < -0.4 is 10.6 Å². The van der Waals surface area contributed by atoms with Crippen molar-refractivity contribution in [3.63, 3.8) is 0 Å². The molecule has 2 amide bonds. The minimum atomic E-state index is -0.650. The monoisotopic (exact) mass is 420 g/mol. The maximum Gasteiger partial charge on any atom is 0.323 e. The van der Waals surface area contributed by atoms with Gasteiger partial charge in [0.25, 0.3) is 0 Å². The molecule has 0 radical (unpaired) electrons. The van der Waals surface area contributed by atoms with Gasteiger partial charge < -0.3 is 10.6 Å². The Kier molecular flexibility index (Phi) is 5.36. The summed E-state index contributed by atoms with van der Waals surface area (Å²) in [5, 5.41) is 5.67. The molecule has 0 saturated carbocycles. The van der Waals surface area contributed by atoms with Crippen LogP contribution in [0.4, 0.5) is 20.6 Å². The number of carbonyl (C=O) groups is 2. The second-order valence-electron chi connectivity index (χ2n) is 6.40. The zero-order valence-electron chi connectivity index (χ0n) is 15.4. The fourth-order valence-corrected chi connectivity index (χ4v) is 3.02. The highest BCUT2D eigenvalue weighted by atomic mass is 35.5. The largest absolute Gasteiger partial charge is 0.323 e. The maximum atomic E-state index is 14.1. The summed E-state index contributed by atoms with van der Waals surface area (Å²) in [5.41, 5.74) is 2.30. The predicted molar refractivity (Wildman–Crippen MR) is 113 cm³/mol. The minimum absolute atomic E-state index is 0.0973. The second-order valence-corrected chi connectivity index (χ2v) is 6.84. The lowest BCUT2D eigenvalue weighted by Crippen LogP contribution is -2.19. The topological polar surface area (TPSA) is 84.0 Å². The van der Waals surface area contributed by atoms with Gasteiger partial charge in [-0.15, -0.1) is 0 Å². The van der Waals surface area contributed by atoms with Gasteiger partial charge in [0.1, 0.15) is 5.82 Å². The molecule has 1 aromatic heterocycles. The summed E-state index contributed by atoms with van der Waals surface area (Å²) >= 11 is 5.82. The van der Waals surface area contributed by atoms with Crippen molar-refractivity contribution in [2.75, 3.05) is 10.6 Å². The molecule has 0 unspecified atom stereocenters. The van der Waals surface area contributed by atoms with E-state index < -0.39 is 17.6 Å². The smallest absolute Gasteiger partial charge is 0.308 e. The molecule has 0 aliphatic carbocycles. The quantitative estimate of drug-likeness (QED) is 0.439. The van der Waals surface area contributed by atoms with Gasteiger partial charge in [0.15, 0.2) is 5.78 Å². The van der Waals surface area contributed by atoms with Crippen LogP contribution in [0.5, 0.6) is 0 Å². The van der Waals surface area contributed by atoms with Gasteiger partial charge in [-0.05, 0) is 60.7 Å². The lowest BCUT2D eigenvalue weighted by atomic mass is 10.0. The molecule has 30 heavy (non-hydrogen) atoms. The molecule has 0 atom stereocenters. The van der Waals surface area contributed by atoms with Crippen molar-refractivity contribution in [3.8, 4) is 0 Å². The summed E-state index contributed by atoms with van der Waals surface area (Å²) in [6.07, 6.45) is 3.09. The van der Waals surface area contributed by atoms with Crippen LogP contribution in [0.1, 0.15) is 15.9 Å². The van der Waals surface area contributed by atoms with E-state index in [1.165, 1.54) is 12.3 Å². The van der Waals surface area contributed by atoms with Gasteiger partial charge in [-0.25, -0.2) is 9.18 Å². The molecular weight excluding hydrogens is 407 g/mol. The average molecular weight is 421 g/mol. The molecule has 1 heterocycles. The molecule has 3 aromatic carbocycles. The van der Waals surface area contributed by atoms with E-state index >= 15 is 0 Å². The van der Waals surface area contributed by atoms with Gasteiger partial charge in [-0.2, -0.15) is 0 Å². The maximum absolute atomic E-state index is 14.1. The van der Waals surface area contributed by atoms with Gasteiger partial charge in [0, 0.05) is 39.9 Å². The van der Waals surface area contributed by atoms with Crippen LogP contribution in [-0.4, -0.2) is 21.8 Å². The van der Waals surface area contributed by atoms with Crippen molar-refractivity contribution in [2.45, 2.75) is 0 Å². The highest BCUT2D eigenvalue weighted by molar-refractivity contribution is 6.30. The van der Waals surface area contributed by atoms with E-state index in [-0.39, 0.29) is 11.3 Å². The lowest BCUT2D eigenvalue weighted by molar-refractivity contribution is 0.103. The van der Waals surface area contributed by atoms with E-state index in [1.54, 1.807) is 48.7 Å². The minimum Gasteiger partial charge on any atom is -0.308 e. The number of carbonyl (C=O) groups excluding carboxylic acids is 2. The number of benzene rings is 3. The average Bonchev–Trinajstić information content (AvgIpc) is 2.74. The van der Waals surface area contributed by atoms with Crippen molar-refractivity contribution in [1.82, 2.24) is 9.97 Å². The number of ketones is 1. The van der Waals surface area contributed by atoms with Gasteiger partial charge in [0.05, 0.1) is 11.0 Å². The number of aromatic nitrogens is 2.